The van der Waals surface area contributed by atoms with E-state index in [9.17, 15) is 14.9 Å². The number of nitrogens with one attached hydrogen (secondary N) is 2. The number of carbonyl (C=O) groups excluding carboxylic acids is 1. The molecule has 1 amide bonds. The van der Waals surface area contributed by atoms with Gasteiger partial charge in [0.2, 0.25) is 5.91 Å². The molecule has 2 aromatic carbocycles. The van der Waals surface area contributed by atoms with Gasteiger partial charge in [0, 0.05) is 18.3 Å². The Hall–Kier alpha value is -4.91. The van der Waals surface area contributed by atoms with Gasteiger partial charge in [0.25, 0.3) is 0 Å². The number of anilines is 1. The minimum absolute atomic E-state index is 0.148. The van der Waals surface area contributed by atoms with Gasteiger partial charge in [0.1, 0.15) is 29.5 Å². The number of hydrogen-bond acceptors (Lipinski definition) is 8. The van der Waals surface area contributed by atoms with E-state index in [1.54, 1.807) is 36.6 Å². The normalized spacial score (nSPS) is 15.1. The highest BCUT2D eigenvalue weighted by atomic mass is 16.5. The molecule has 0 saturated carbocycles. The summed E-state index contributed by atoms with van der Waals surface area (Å²) >= 11 is 0. The van der Waals surface area contributed by atoms with Crippen LogP contribution >= 0.6 is 0 Å². The molecule has 0 bridgehead atoms. The van der Waals surface area contributed by atoms with Crippen LogP contribution in [0, 0.1) is 11.3 Å². The second kappa shape index (κ2) is 11.4. The molecule has 1 aromatic heterocycles. The number of aliphatic carboxylic acids is 1. The summed E-state index contributed by atoms with van der Waals surface area (Å²) in [5.41, 5.74) is 4.33. The molecule has 10 nitrogen and oxygen atoms in total. The van der Waals surface area contributed by atoms with Gasteiger partial charge in [-0.3, -0.25) is 9.59 Å². The summed E-state index contributed by atoms with van der Waals surface area (Å²) in [5, 5.41) is 24.3. The average molecular weight is 517 g/mol. The van der Waals surface area contributed by atoms with Crippen molar-refractivity contribution in [2.45, 2.75) is 19.0 Å². The Balaban J connectivity index is 1.67. The third-order valence-electron chi connectivity index (χ3n) is 6.33. The maximum Gasteiger partial charge on any atom is 0.322 e. The molecule has 0 radical (unpaired) electrons. The molecule has 2 heterocycles. The van der Waals surface area contributed by atoms with E-state index in [2.05, 4.69) is 16.7 Å². The zero-order chi connectivity index (χ0) is 27.2. The van der Waals surface area contributed by atoms with E-state index in [-0.39, 0.29) is 31.5 Å². The van der Waals surface area contributed by atoms with Gasteiger partial charge in [-0.05, 0) is 53.6 Å². The molecule has 1 aliphatic heterocycles. The second-order valence-corrected chi connectivity index (χ2v) is 8.68. The maximum atomic E-state index is 12.8. The van der Waals surface area contributed by atoms with Crippen molar-refractivity contribution in [3.05, 3.63) is 76.7 Å². The summed E-state index contributed by atoms with van der Waals surface area (Å²) in [4.78, 5) is 25.9. The summed E-state index contributed by atoms with van der Waals surface area (Å²) in [7, 11) is 4.89. The Morgan fingerprint density at radius 1 is 1.18 bits per heavy atom. The fourth-order valence-corrected chi connectivity index (χ4v) is 4.49. The molecule has 0 saturated heterocycles. The molecule has 1 aliphatic rings. The molecule has 1 atom stereocenters. The van der Waals surface area contributed by atoms with E-state index < -0.39 is 5.97 Å². The van der Waals surface area contributed by atoms with Crippen LogP contribution in [-0.2, 0) is 16.1 Å². The molecule has 10 heteroatoms. The van der Waals surface area contributed by atoms with E-state index in [0.29, 0.717) is 28.5 Å². The third-order valence-corrected chi connectivity index (χ3v) is 6.33. The summed E-state index contributed by atoms with van der Waals surface area (Å²) in [6.07, 6.45) is 3.68. The van der Waals surface area contributed by atoms with Crippen molar-refractivity contribution in [1.29, 1.82) is 5.26 Å². The van der Waals surface area contributed by atoms with Gasteiger partial charge in [0.05, 0.1) is 51.1 Å². The number of rotatable bonds is 10. The number of carboxylic acids is 1. The zero-order valence-electron chi connectivity index (χ0n) is 21.3. The van der Waals surface area contributed by atoms with Crippen LogP contribution in [0.4, 0.5) is 5.69 Å². The van der Waals surface area contributed by atoms with Crippen LogP contribution in [0.3, 0.4) is 0 Å². The lowest BCUT2D eigenvalue weighted by atomic mass is 9.98. The lowest BCUT2D eigenvalue weighted by Crippen LogP contribution is -2.28. The summed E-state index contributed by atoms with van der Waals surface area (Å²) in [6, 6.07) is 14.5. The van der Waals surface area contributed by atoms with E-state index in [1.807, 2.05) is 30.2 Å². The van der Waals surface area contributed by atoms with Crippen LogP contribution in [0.15, 0.2) is 53.1 Å². The number of furan rings is 1. The monoisotopic (exact) mass is 516 g/mol. The lowest BCUT2D eigenvalue weighted by Gasteiger charge is -2.23. The Kier molecular flexibility index (Phi) is 7.87. The molecule has 3 aromatic rings. The smallest absolute Gasteiger partial charge is 0.322 e. The predicted octanol–water partition coefficient (Wildman–Crippen LogP) is 3.86. The summed E-state index contributed by atoms with van der Waals surface area (Å²) < 4.78 is 16.3. The van der Waals surface area contributed by atoms with Crippen LogP contribution in [-0.4, -0.2) is 49.7 Å². The molecular formula is C28H28N4O6. The van der Waals surface area contributed by atoms with Crippen molar-refractivity contribution in [3.63, 3.8) is 0 Å². The SMILES string of the molecule is COc1cc(/C=C2\c3ccc(C#N)cc3C(CC(=O)NCc3ccco3)N2C)cc(OC)c1NCC(=O)O. The van der Waals surface area contributed by atoms with E-state index in [4.69, 9.17) is 19.0 Å². The lowest BCUT2D eigenvalue weighted by molar-refractivity contribution is -0.135. The van der Waals surface area contributed by atoms with Crippen molar-refractivity contribution in [2.24, 2.45) is 0 Å². The van der Waals surface area contributed by atoms with Crippen LogP contribution < -0.4 is 20.1 Å². The van der Waals surface area contributed by atoms with Gasteiger partial charge in [-0.2, -0.15) is 5.26 Å². The van der Waals surface area contributed by atoms with E-state index in [0.717, 1.165) is 22.4 Å². The molecule has 0 fully saturated rings. The molecule has 4 rings (SSSR count). The molecule has 196 valence electrons. The number of hydrogen-bond donors (Lipinski definition) is 3. The first-order valence-corrected chi connectivity index (χ1v) is 11.8. The first-order valence-electron chi connectivity index (χ1n) is 11.8. The Morgan fingerprint density at radius 3 is 2.53 bits per heavy atom. The Bertz CT molecular complexity index is 1380. The van der Waals surface area contributed by atoms with Crippen LogP contribution in [0.2, 0.25) is 0 Å². The number of nitrogens with zero attached hydrogens (tertiary/aromatic N) is 2. The van der Waals surface area contributed by atoms with Crippen molar-refractivity contribution in [3.8, 4) is 17.6 Å². The first kappa shape index (κ1) is 26.2. The van der Waals surface area contributed by atoms with Crippen molar-refractivity contribution in [2.75, 3.05) is 33.1 Å². The number of ether oxygens (including phenoxy) is 2. The molecule has 38 heavy (non-hydrogen) atoms. The standard InChI is InChI=1S/C28H28N4O6/c1-32-22(10-18-11-24(36-2)28(25(12-18)37-3)31-16-27(34)35)20-7-6-17(14-29)9-21(20)23(32)13-26(33)30-15-19-5-4-8-38-19/h4-12,23,31H,13,15-16H2,1-3H3,(H,30,33)(H,34,35)/b22-10+. The fourth-order valence-electron chi connectivity index (χ4n) is 4.49. The highest BCUT2D eigenvalue weighted by Crippen LogP contribution is 2.44. The van der Waals surface area contributed by atoms with E-state index >= 15 is 0 Å². The van der Waals surface area contributed by atoms with Crippen molar-refractivity contribution >= 4 is 29.3 Å². The number of benzene rings is 2. The van der Waals surface area contributed by atoms with Crippen molar-refractivity contribution < 1.29 is 28.6 Å². The quantitative estimate of drug-likeness (QED) is 0.367. The zero-order valence-corrected chi connectivity index (χ0v) is 21.3. The van der Waals surface area contributed by atoms with Gasteiger partial charge in [-0.15, -0.1) is 0 Å². The van der Waals surface area contributed by atoms with Gasteiger partial charge >= 0.3 is 5.97 Å². The molecule has 1 unspecified atom stereocenters. The van der Waals surface area contributed by atoms with Gasteiger partial charge < -0.3 is 34.5 Å². The second-order valence-electron chi connectivity index (χ2n) is 8.68. The fraction of sp³-hybridized carbons (Fsp3) is 0.250. The first-order chi connectivity index (χ1) is 18.3. The minimum Gasteiger partial charge on any atom is -0.494 e. The average Bonchev–Trinajstić information content (AvgIpc) is 3.53. The molecule has 0 spiro atoms. The highest BCUT2D eigenvalue weighted by molar-refractivity contribution is 5.88. The van der Waals surface area contributed by atoms with Crippen LogP contribution in [0.25, 0.3) is 11.8 Å². The van der Waals surface area contributed by atoms with Crippen LogP contribution in [0.5, 0.6) is 11.5 Å². The van der Waals surface area contributed by atoms with E-state index in [1.165, 1.54) is 14.2 Å². The van der Waals surface area contributed by atoms with Crippen LogP contribution in [0.1, 0.15) is 40.5 Å². The number of nitriles is 1. The van der Waals surface area contributed by atoms with Crippen molar-refractivity contribution in [1.82, 2.24) is 10.2 Å². The Morgan fingerprint density at radius 2 is 1.92 bits per heavy atom. The number of fused-ring (bicyclic) bond motifs is 1. The topological polar surface area (TPSA) is 137 Å². The number of carboxylic acid groups (broad SMARTS) is 1. The largest absolute Gasteiger partial charge is 0.494 e. The molecule has 3 N–H and O–H groups in total. The molecule has 0 aliphatic carbocycles. The highest BCUT2D eigenvalue weighted by Gasteiger charge is 2.33. The Labute approximate surface area is 220 Å². The van der Waals surface area contributed by atoms with Gasteiger partial charge in [0.15, 0.2) is 0 Å². The predicted molar refractivity (Wildman–Crippen MR) is 140 cm³/mol. The summed E-state index contributed by atoms with van der Waals surface area (Å²) in [5.74, 6) is 0.347. The number of amides is 1. The van der Waals surface area contributed by atoms with Gasteiger partial charge in [-0.25, -0.2) is 0 Å². The summed E-state index contributed by atoms with van der Waals surface area (Å²) in [6.45, 7) is -0.00787. The van der Waals surface area contributed by atoms with Gasteiger partial charge in [-0.1, -0.05) is 6.07 Å². The number of carbonyl (C=O) groups is 2. The maximum absolute atomic E-state index is 12.8. The third kappa shape index (κ3) is 5.57. The minimum atomic E-state index is -1.01. The number of methoxy groups -OCH3 is 2. The molecular weight excluding hydrogens is 488 g/mol.